The molecule has 31 heavy (non-hydrogen) atoms. The van der Waals surface area contributed by atoms with Crippen molar-refractivity contribution in [1.82, 2.24) is 4.90 Å². The number of piperidine rings is 1. The Morgan fingerprint density at radius 1 is 1.16 bits per heavy atom. The van der Waals surface area contributed by atoms with Crippen molar-refractivity contribution in [2.24, 2.45) is 23.2 Å². The maximum atomic E-state index is 12.8. The van der Waals surface area contributed by atoms with E-state index in [-0.39, 0.29) is 29.3 Å². The summed E-state index contributed by atoms with van der Waals surface area (Å²) in [5.41, 5.74) is 2.36. The molecule has 1 N–H and O–H groups in total. The number of hydrogen-bond donors (Lipinski definition) is 1. The van der Waals surface area contributed by atoms with Gasteiger partial charge in [0, 0.05) is 32.0 Å². The van der Waals surface area contributed by atoms with E-state index >= 15 is 0 Å². The van der Waals surface area contributed by atoms with E-state index in [4.69, 9.17) is 4.74 Å². The summed E-state index contributed by atoms with van der Waals surface area (Å²) in [6.07, 6.45) is 9.49. The fraction of sp³-hybridized carbons (Fsp3) is 0.667. The maximum absolute atomic E-state index is 12.8. The molecule has 0 spiro atoms. The molecule has 0 radical (unpaired) electrons. The topological polar surface area (TPSA) is 49.8 Å². The van der Waals surface area contributed by atoms with Crippen molar-refractivity contribution in [3.8, 4) is 0 Å². The van der Waals surface area contributed by atoms with E-state index in [1.54, 1.807) is 5.57 Å². The molecule has 2 saturated heterocycles. The van der Waals surface area contributed by atoms with Crippen LogP contribution in [0.25, 0.3) is 0 Å². The molecule has 0 unspecified atom stereocenters. The first-order valence-electron chi connectivity index (χ1n) is 12.3. The van der Waals surface area contributed by atoms with E-state index in [2.05, 4.69) is 37.0 Å². The lowest BCUT2D eigenvalue weighted by Gasteiger charge is -2.46. The van der Waals surface area contributed by atoms with Crippen LogP contribution in [0.15, 0.2) is 42.0 Å². The monoisotopic (exact) mass is 423 g/mol. The van der Waals surface area contributed by atoms with Crippen LogP contribution in [-0.2, 0) is 16.0 Å². The number of aliphatic hydroxyl groups is 1. The van der Waals surface area contributed by atoms with Gasteiger partial charge in [-0.3, -0.25) is 4.79 Å². The number of nitrogens with zero attached hydrogens (tertiary/aromatic N) is 1. The highest BCUT2D eigenvalue weighted by atomic mass is 16.6. The molecular formula is C27H37NO3. The summed E-state index contributed by atoms with van der Waals surface area (Å²) in [5.74, 6) is 0.781. The van der Waals surface area contributed by atoms with Crippen LogP contribution in [0.3, 0.4) is 0 Å². The van der Waals surface area contributed by atoms with E-state index in [9.17, 15) is 9.90 Å². The van der Waals surface area contributed by atoms with Crippen LogP contribution in [0.2, 0.25) is 0 Å². The number of esters is 1. The molecule has 168 valence electrons. The predicted molar refractivity (Wildman–Crippen MR) is 121 cm³/mol. The van der Waals surface area contributed by atoms with Gasteiger partial charge < -0.3 is 14.7 Å². The van der Waals surface area contributed by atoms with E-state index < -0.39 is 5.60 Å². The number of hydrogen-bond acceptors (Lipinski definition) is 4. The van der Waals surface area contributed by atoms with Gasteiger partial charge in [0.15, 0.2) is 0 Å². The smallest absolute Gasteiger partial charge is 0.311 e. The standard InChI is InChI=1S/C27H37NO3/c1-19-7-6-10-26(2)17-24-21(15-23(19)26)22(25(29)31-24)18-28-13-11-27(30,12-14-28)16-20-8-4-3-5-9-20/h3-5,8-9,15,19,21-22,24,30H,6-7,10-14,16-18H2,1-2H3/t19-,21+,22-,24-,26+/m1/s1. The second-order valence-electron chi connectivity index (χ2n) is 11.0. The average Bonchev–Trinajstić information content (AvgIpc) is 3.02. The van der Waals surface area contributed by atoms with Crippen molar-refractivity contribution >= 4 is 5.97 Å². The summed E-state index contributed by atoms with van der Waals surface area (Å²) in [5, 5.41) is 11.1. The number of carbonyl (C=O) groups is 1. The third-order valence-corrected chi connectivity index (χ3v) is 8.70. The molecular weight excluding hydrogens is 386 g/mol. The Morgan fingerprint density at radius 3 is 2.65 bits per heavy atom. The molecule has 5 rings (SSSR count). The van der Waals surface area contributed by atoms with Crippen molar-refractivity contribution in [3.63, 3.8) is 0 Å². The molecule has 1 aromatic rings. The quantitative estimate of drug-likeness (QED) is 0.577. The van der Waals surface area contributed by atoms with Crippen molar-refractivity contribution in [1.29, 1.82) is 0 Å². The van der Waals surface area contributed by atoms with Crippen LogP contribution < -0.4 is 0 Å². The first-order valence-corrected chi connectivity index (χ1v) is 12.3. The van der Waals surface area contributed by atoms with Gasteiger partial charge >= 0.3 is 5.97 Å². The van der Waals surface area contributed by atoms with Crippen molar-refractivity contribution in [2.75, 3.05) is 19.6 Å². The lowest BCUT2D eigenvalue weighted by atomic mass is 9.59. The van der Waals surface area contributed by atoms with Gasteiger partial charge in [-0.2, -0.15) is 0 Å². The van der Waals surface area contributed by atoms with Crippen LogP contribution >= 0.6 is 0 Å². The van der Waals surface area contributed by atoms with Gasteiger partial charge in [0.2, 0.25) is 0 Å². The minimum Gasteiger partial charge on any atom is -0.461 e. The van der Waals surface area contributed by atoms with Crippen LogP contribution in [0, 0.1) is 23.2 Å². The average molecular weight is 424 g/mol. The number of carbonyl (C=O) groups excluding carboxylic acids is 1. The summed E-state index contributed by atoms with van der Waals surface area (Å²) in [4.78, 5) is 15.2. The molecule has 2 aliphatic carbocycles. The summed E-state index contributed by atoms with van der Waals surface area (Å²) in [6, 6.07) is 10.3. The van der Waals surface area contributed by atoms with E-state index in [0.29, 0.717) is 12.3 Å². The minimum atomic E-state index is -0.636. The predicted octanol–water partition coefficient (Wildman–Crippen LogP) is 4.37. The Balaban J connectivity index is 1.24. The summed E-state index contributed by atoms with van der Waals surface area (Å²) in [7, 11) is 0. The Hall–Kier alpha value is -1.65. The highest BCUT2D eigenvalue weighted by molar-refractivity contribution is 5.76. The molecule has 1 saturated carbocycles. The number of likely N-dealkylation sites (tertiary alicyclic amines) is 1. The van der Waals surface area contributed by atoms with Crippen LogP contribution in [0.1, 0.15) is 57.9 Å². The third kappa shape index (κ3) is 4.09. The summed E-state index contributed by atoms with van der Waals surface area (Å²) < 4.78 is 5.93. The van der Waals surface area contributed by atoms with Gasteiger partial charge in [-0.15, -0.1) is 0 Å². The fourth-order valence-corrected chi connectivity index (χ4v) is 6.84. The molecule has 4 aliphatic rings. The molecule has 2 aliphatic heterocycles. The van der Waals surface area contributed by atoms with Crippen molar-refractivity contribution in [3.05, 3.63) is 47.5 Å². The molecule has 3 fully saturated rings. The molecule has 1 aromatic carbocycles. The van der Waals surface area contributed by atoms with Crippen LogP contribution in [0.4, 0.5) is 0 Å². The van der Waals surface area contributed by atoms with Gasteiger partial charge in [0.05, 0.1) is 11.5 Å². The van der Waals surface area contributed by atoms with E-state index in [1.165, 1.54) is 24.8 Å². The second kappa shape index (κ2) is 8.04. The first kappa shape index (κ1) is 21.2. The highest BCUT2D eigenvalue weighted by Crippen LogP contribution is 2.54. The molecule has 0 bridgehead atoms. The van der Waals surface area contributed by atoms with Gasteiger partial charge in [0.1, 0.15) is 6.10 Å². The van der Waals surface area contributed by atoms with Crippen LogP contribution in [0.5, 0.6) is 0 Å². The van der Waals surface area contributed by atoms with Crippen molar-refractivity contribution in [2.45, 2.75) is 70.5 Å². The molecule has 4 nitrogen and oxygen atoms in total. The Morgan fingerprint density at radius 2 is 1.90 bits per heavy atom. The minimum absolute atomic E-state index is 0.00753. The molecule has 0 aromatic heterocycles. The largest absolute Gasteiger partial charge is 0.461 e. The molecule has 4 heteroatoms. The Labute approximate surface area is 186 Å². The molecule has 0 amide bonds. The Kier molecular flexibility index (Phi) is 5.50. The van der Waals surface area contributed by atoms with E-state index in [0.717, 1.165) is 38.9 Å². The summed E-state index contributed by atoms with van der Waals surface area (Å²) in [6.45, 7) is 7.18. The number of benzene rings is 1. The zero-order chi connectivity index (χ0) is 21.6. The van der Waals surface area contributed by atoms with Gasteiger partial charge in [-0.05, 0) is 49.0 Å². The lowest BCUT2D eigenvalue weighted by molar-refractivity contribution is -0.145. The van der Waals surface area contributed by atoms with Crippen molar-refractivity contribution < 1.29 is 14.6 Å². The second-order valence-corrected chi connectivity index (χ2v) is 11.0. The highest BCUT2D eigenvalue weighted by Gasteiger charge is 2.52. The Bertz CT molecular complexity index is 841. The van der Waals surface area contributed by atoms with E-state index in [1.807, 2.05) is 18.2 Å². The number of ether oxygens (including phenoxy) is 1. The van der Waals surface area contributed by atoms with Crippen LogP contribution in [-0.4, -0.2) is 47.3 Å². The SMILES string of the molecule is C[C@@H]1CCC[C@@]2(C)C[C@H]3OC(=O)[C@H](CN4CCC(O)(Cc5ccccc5)CC4)[C@@H]3C=C12. The number of fused-ring (bicyclic) bond motifs is 2. The lowest BCUT2D eigenvalue weighted by Crippen LogP contribution is -2.48. The van der Waals surface area contributed by atoms with Gasteiger partial charge in [-0.1, -0.05) is 62.2 Å². The fourth-order valence-electron chi connectivity index (χ4n) is 6.84. The van der Waals surface area contributed by atoms with Gasteiger partial charge in [-0.25, -0.2) is 0 Å². The molecule has 2 heterocycles. The zero-order valence-corrected chi connectivity index (χ0v) is 19.1. The zero-order valence-electron chi connectivity index (χ0n) is 19.1. The maximum Gasteiger partial charge on any atom is 0.311 e. The number of allylic oxidation sites excluding steroid dienone is 1. The third-order valence-electron chi connectivity index (χ3n) is 8.70. The number of rotatable bonds is 4. The normalized spacial score (nSPS) is 37.5. The van der Waals surface area contributed by atoms with Gasteiger partial charge in [0.25, 0.3) is 0 Å². The first-order chi connectivity index (χ1) is 14.9. The summed E-state index contributed by atoms with van der Waals surface area (Å²) >= 11 is 0. The molecule has 5 atom stereocenters.